The van der Waals surface area contributed by atoms with Gasteiger partial charge in [-0.15, -0.1) is 0 Å². The molecule has 7 nitrogen and oxygen atoms in total. The van der Waals surface area contributed by atoms with Crippen LogP contribution in [0.25, 0.3) is 5.69 Å². The minimum absolute atomic E-state index is 0.187. The molecule has 24 heavy (non-hydrogen) atoms. The van der Waals surface area contributed by atoms with Gasteiger partial charge in [-0.2, -0.15) is 5.10 Å². The van der Waals surface area contributed by atoms with Crippen LogP contribution in [0.15, 0.2) is 30.6 Å². The van der Waals surface area contributed by atoms with Gasteiger partial charge in [0.2, 0.25) is 5.91 Å². The summed E-state index contributed by atoms with van der Waals surface area (Å²) in [6, 6.07) is 5.05. The van der Waals surface area contributed by atoms with Gasteiger partial charge in [0.15, 0.2) is 0 Å². The summed E-state index contributed by atoms with van der Waals surface area (Å²) < 4.78 is 1.52. The molecule has 3 rings (SSSR count). The zero-order chi connectivity index (χ0) is 17.3. The fourth-order valence-electron chi connectivity index (χ4n) is 2.37. The highest BCUT2D eigenvalue weighted by Crippen LogP contribution is 2.24. The highest BCUT2D eigenvalue weighted by molar-refractivity contribution is 6.42. The number of carbonyl (C=O) groups excluding carboxylic acids is 2. The summed E-state index contributed by atoms with van der Waals surface area (Å²) in [7, 11) is 0. The molecular formula is C15H15Cl2N5O2. The molecule has 2 amide bonds. The maximum Gasteiger partial charge on any atom is 0.254 e. The number of nitrogens with two attached hydrogens (primary N) is 1. The van der Waals surface area contributed by atoms with E-state index in [0.29, 0.717) is 34.4 Å². The maximum atomic E-state index is 12.2. The van der Waals surface area contributed by atoms with E-state index in [1.54, 1.807) is 24.4 Å². The lowest BCUT2D eigenvalue weighted by Crippen LogP contribution is -2.65. The lowest BCUT2D eigenvalue weighted by molar-refractivity contribution is -0.130. The van der Waals surface area contributed by atoms with E-state index in [1.807, 2.05) is 0 Å². The Morgan fingerprint density at radius 2 is 2.08 bits per heavy atom. The Kier molecular flexibility index (Phi) is 4.49. The third kappa shape index (κ3) is 3.10. The van der Waals surface area contributed by atoms with Crippen LogP contribution in [-0.4, -0.2) is 41.2 Å². The van der Waals surface area contributed by atoms with Crippen molar-refractivity contribution in [1.82, 2.24) is 20.4 Å². The fraction of sp³-hybridized carbons (Fsp3) is 0.267. The summed E-state index contributed by atoms with van der Waals surface area (Å²) in [5.74, 6) is -0.748. The van der Waals surface area contributed by atoms with Crippen LogP contribution in [0.1, 0.15) is 10.4 Å². The van der Waals surface area contributed by atoms with Crippen LogP contribution in [-0.2, 0) is 4.79 Å². The zero-order valence-corrected chi connectivity index (χ0v) is 14.1. The van der Waals surface area contributed by atoms with Crippen LogP contribution < -0.4 is 16.4 Å². The van der Waals surface area contributed by atoms with E-state index in [1.165, 1.54) is 10.9 Å². The third-order valence-corrected chi connectivity index (χ3v) is 4.79. The molecular weight excluding hydrogens is 353 g/mol. The first-order valence-corrected chi connectivity index (χ1v) is 7.96. The molecule has 4 N–H and O–H groups in total. The van der Waals surface area contributed by atoms with Crippen LogP contribution in [0.2, 0.25) is 10.0 Å². The van der Waals surface area contributed by atoms with Gasteiger partial charge in [-0.25, -0.2) is 4.68 Å². The van der Waals surface area contributed by atoms with Gasteiger partial charge in [0.25, 0.3) is 5.91 Å². The summed E-state index contributed by atoms with van der Waals surface area (Å²) in [5.41, 5.74) is 5.73. The summed E-state index contributed by atoms with van der Waals surface area (Å²) in [5, 5.41) is 10.7. The molecule has 0 saturated carbocycles. The van der Waals surface area contributed by atoms with Crippen molar-refractivity contribution in [1.29, 1.82) is 0 Å². The average molecular weight is 368 g/mol. The number of hydrogen-bond donors (Lipinski definition) is 3. The summed E-state index contributed by atoms with van der Waals surface area (Å²) >= 11 is 11.9. The second-order valence-corrected chi connectivity index (χ2v) is 6.52. The van der Waals surface area contributed by atoms with E-state index in [-0.39, 0.29) is 12.5 Å². The predicted octanol–water partition coefficient (Wildman–Crippen LogP) is 0.984. The van der Waals surface area contributed by atoms with Crippen molar-refractivity contribution in [3.8, 4) is 5.69 Å². The Morgan fingerprint density at radius 1 is 1.33 bits per heavy atom. The van der Waals surface area contributed by atoms with Crippen molar-refractivity contribution >= 4 is 35.0 Å². The summed E-state index contributed by atoms with van der Waals surface area (Å²) in [6.45, 7) is 1.11. The van der Waals surface area contributed by atoms with Crippen LogP contribution in [0.4, 0.5) is 0 Å². The maximum absolute atomic E-state index is 12.2. The van der Waals surface area contributed by atoms with Crippen molar-refractivity contribution in [3.63, 3.8) is 0 Å². The van der Waals surface area contributed by atoms with E-state index >= 15 is 0 Å². The number of benzene rings is 1. The topological polar surface area (TPSA) is 102 Å². The van der Waals surface area contributed by atoms with Crippen molar-refractivity contribution in [2.75, 3.05) is 19.6 Å². The van der Waals surface area contributed by atoms with Gasteiger partial charge < -0.3 is 16.4 Å². The lowest BCUT2D eigenvalue weighted by Gasteiger charge is -2.39. The standard InChI is InChI=1S/C15H15Cl2N5O2/c16-11-2-1-10(3-12(11)17)22-5-9(4-21-22)13(23)20-8-15(14(18)24)6-19-7-15/h1-5,19H,6-8H2,(H2,18,24)(H,20,23). The number of amides is 2. The van der Waals surface area contributed by atoms with Crippen LogP contribution >= 0.6 is 23.2 Å². The monoisotopic (exact) mass is 367 g/mol. The molecule has 2 heterocycles. The molecule has 126 valence electrons. The number of aromatic nitrogens is 2. The number of primary amides is 1. The third-order valence-electron chi connectivity index (χ3n) is 4.05. The van der Waals surface area contributed by atoms with E-state index in [4.69, 9.17) is 28.9 Å². The molecule has 1 aliphatic rings. The molecule has 9 heteroatoms. The molecule has 1 aromatic carbocycles. The van der Waals surface area contributed by atoms with Gasteiger partial charge in [0.1, 0.15) is 0 Å². The zero-order valence-electron chi connectivity index (χ0n) is 12.6. The summed E-state index contributed by atoms with van der Waals surface area (Å²) in [4.78, 5) is 23.7. The van der Waals surface area contributed by atoms with Crippen molar-refractivity contribution in [3.05, 3.63) is 46.2 Å². The van der Waals surface area contributed by atoms with E-state index in [0.717, 1.165) is 0 Å². The highest BCUT2D eigenvalue weighted by Gasteiger charge is 2.43. The number of hydrogen-bond acceptors (Lipinski definition) is 4. The molecule has 0 radical (unpaired) electrons. The first-order chi connectivity index (χ1) is 11.4. The second kappa shape index (κ2) is 6.43. The first-order valence-electron chi connectivity index (χ1n) is 7.20. The minimum atomic E-state index is -0.713. The Labute approximate surface area is 148 Å². The predicted molar refractivity (Wildman–Crippen MR) is 90.4 cm³/mol. The highest BCUT2D eigenvalue weighted by atomic mass is 35.5. The Hall–Kier alpha value is -2.09. The lowest BCUT2D eigenvalue weighted by atomic mass is 9.81. The molecule has 2 aromatic rings. The normalized spacial score (nSPS) is 15.6. The van der Waals surface area contributed by atoms with Crippen LogP contribution in [0, 0.1) is 5.41 Å². The quantitative estimate of drug-likeness (QED) is 0.732. The van der Waals surface area contributed by atoms with Gasteiger partial charge >= 0.3 is 0 Å². The van der Waals surface area contributed by atoms with Gasteiger partial charge in [0.05, 0.1) is 32.9 Å². The van der Waals surface area contributed by atoms with Crippen LogP contribution in [0.5, 0.6) is 0 Å². The number of rotatable bonds is 5. The fourth-order valence-corrected chi connectivity index (χ4v) is 2.67. The van der Waals surface area contributed by atoms with Gasteiger partial charge in [0, 0.05) is 25.8 Å². The smallest absolute Gasteiger partial charge is 0.254 e. The van der Waals surface area contributed by atoms with Gasteiger partial charge in [-0.1, -0.05) is 23.2 Å². The molecule has 0 unspecified atom stereocenters. The van der Waals surface area contributed by atoms with Crippen molar-refractivity contribution in [2.45, 2.75) is 0 Å². The largest absolute Gasteiger partial charge is 0.369 e. The number of nitrogens with one attached hydrogen (secondary N) is 2. The van der Waals surface area contributed by atoms with E-state index < -0.39 is 11.3 Å². The van der Waals surface area contributed by atoms with Gasteiger partial charge in [-0.05, 0) is 18.2 Å². The minimum Gasteiger partial charge on any atom is -0.369 e. The number of nitrogens with zero attached hydrogens (tertiary/aromatic N) is 2. The molecule has 1 aliphatic heterocycles. The Balaban J connectivity index is 1.69. The Morgan fingerprint density at radius 3 is 2.67 bits per heavy atom. The molecule has 1 aromatic heterocycles. The van der Waals surface area contributed by atoms with Gasteiger partial charge in [-0.3, -0.25) is 9.59 Å². The van der Waals surface area contributed by atoms with Crippen molar-refractivity contribution in [2.24, 2.45) is 11.1 Å². The average Bonchev–Trinajstić information content (AvgIpc) is 2.98. The molecule has 1 saturated heterocycles. The molecule has 0 spiro atoms. The summed E-state index contributed by atoms with van der Waals surface area (Å²) in [6.07, 6.45) is 3.01. The second-order valence-electron chi connectivity index (χ2n) is 5.70. The molecule has 0 atom stereocenters. The molecule has 1 fully saturated rings. The first kappa shape index (κ1) is 16.8. The van der Waals surface area contributed by atoms with Crippen molar-refractivity contribution < 1.29 is 9.59 Å². The molecule has 0 bridgehead atoms. The van der Waals surface area contributed by atoms with E-state index in [2.05, 4.69) is 15.7 Å². The number of halogens is 2. The Bertz CT molecular complexity index is 801. The SMILES string of the molecule is NC(=O)C1(CNC(=O)c2cnn(-c3ccc(Cl)c(Cl)c3)c2)CNC1. The number of carbonyl (C=O) groups is 2. The van der Waals surface area contributed by atoms with Crippen LogP contribution in [0.3, 0.4) is 0 Å². The van der Waals surface area contributed by atoms with E-state index in [9.17, 15) is 9.59 Å². The molecule has 0 aliphatic carbocycles.